The van der Waals surface area contributed by atoms with Gasteiger partial charge in [0.1, 0.15) is 5.82 Å². The lowest BCUT2D eigenvalue weighted by molar-refractivity contribution is 0.352. The fourth-order valence-corrected chi connectivity index (χ4v) is 3.26. The van der Waals surface area contributed by atoms with Gasteiger partial charge in [0.15, 0.2) is 0 Å². The van der Waals surface area contributed by atoms with Crippen LogP contribution in [-0.2, 0) is 0 Å². The third-order valence-corrected chi connectivity index (χ3v) is 4.38. The molecule has 0 aliphatic heterocycles. The summed E-state index contributed by atoms with van der Waals surface area (Å²) in [5, 5.41) is 4.10. The minimum atomic E-state index is -0.278. The molecule has 1 aliphatic rings. The summed E-state index contributed by atoms with van der Waals surface area (Å²) >= 11 is 6.09. The van der Waals surface area contributed by atoms with Crippen molar-refractivity contribution in [2.24, 2.45) is 5.92 Å². The maximum absolute atomic E-state index is 13.0. The van der Waals surface area contributed by atoms with E-state index in [1.807, 2.05) is 0 Å². The fraction of sp³-hybridized carbons (Fsp3) is 0.600. The van der Waals surface area contributed by atoms with Gasteiger partial charge in [-0.1, -0.05) is 30.5 Å². The third kappa shape index (κ3) is 3.24. The van der Waals surface area contributed by atoms with E-state index in [4.69, 9.17) is 11.6 Å². The standard InChI is InChI=1S/C15H21ClFN/c1-10(12-5-3-4-6-12)18-11(2)14-8-7-13(17)9-15(14)16/h7-12,18H,3-6H2,1-2H3. The second kappa shape index (κ2) is 6.03. The van der Waals surface area contributed by atoms with Gasteiger partial charge in [0.25, 0.3) is 0 Å². The maximum Gasteiger partial charge on any atom is 0.124 e. The molecule has 0 bridgehead atoms. The van der Waals surface area contributed by atoms with Crippen molar-refractivity contribution in [3.63, 3.8) is 0 Å². The van der Waals surface area contributed by atoms with Crippen LogP contribution in [0.5, 0.6) is 0 Å². The molecule has 0 amide bonds. The Kier molecular flexibility index (Phi) is 4.63. The van der Waals surface area contributed by atoms with Crippen LogP contribution in [0.3, 0.4) is 0 Å². The van der Waals surface area contributed by atoms with E-state index < -0.39 is 0 Å². The summed E-state index contributed by atoms with van der Waals surface area (Å²) in [4.78, 5) is 0. The molecule has 0 heterocycles. The van der Waals surface area contributed by atoms with E-state index in [1.165, 1.54) is 37.8 Å². The summed E-state index contributed by atoms with van der Waals surface area (Å²) in [6, 6.07) is 5.28. The molecule has 2 rings (SSSR count). The Labute approximate surface area is 114 Å². The highest BCUT2D eigenvalue weighted by Gasteiger charge is 2.23. The van der Waals surface area contributed by atoms with Crippen molar-refractivity contribution in [3.8, 4) is 0 Å². The number of rotatable bonds is 4. The Morgan fingerprint density at radius 3 is 2.56 bits per heavy atom. The lowest BCUT2D eigenvalue weighted by Crippen LogP contribution is -2.34. The van der Waals surface area contributed by atoms with Gasteiger partial charge < -0.3 is 5.32 Å². The Morgan fingerprint density at radius 2 is 1.94 bits per heavy atom. The number of nitrogens with one attached hydrogen (secondary N) is 1. The van der Waals surface area contributed by atoms with Gasteiger partial charge in [-0.05, 0) is 50.3 Å². The molecule has 1 fully saturated rings. The second-order valence-corrected chi connectivity index (χ2v) is 5.79. The highest BCUT2D eigenvalue weighted by atomic mass is 35.5. The van der Waals surface area contributed by atoms with Gasteiger partial charge >= 0.3 is 0 Å². The molecule has 0 radical (unpaired) electrons. The van der Waals surface area contributed by atoms with Gasteiger partial charge in [-0.25, -0.2) is 4.39 Å². The molecular formula is C15H21ClFN. The molecule has 1 aromatic rings. The monoisotopic (exact) mass is 269 g/mol. The molecule has 2 unspecified atom stereocenters. The normalized spacial score (nSPS) is 20.0. The summed E-state index contributed by atoms with van der Waals surface area (Å²) in [7, 11) is 0. The number of hydrogen-bond acceptors (Lipinski definition) is 1. The van der Waals surface area contributed by atoms with Crippen LogP contribution in [0.25, 0.3) is 0 Å². The number of benzene rings is 1. The summed E-state index contributed by atoms with van der Waals surface area (Å²) in [6.45, 7) is 4.33. The predicted octanol–water partition coefficient (Wildman–Crippen LogP) is 4.71. The molecule has 0 saturated heterocycles. The van der Waals surface area contributed by atoms with Gasteiger partial charge in [0, 0.05) is 17.1 Å². The van der Waals surface area contributed by atoms with Gasteiger partial charge in [0.05, 0.1) is 0 Å². The first-order valence-electron chi connectivity index (χ1n) is 6.79. The summed E-state index contributed by atoms with van der Waals surface area (Å²) in [6.07, 6.45) is 5.33. The van der Waals surface area contributed by atoms with Gasteiger partial charge in [0.2, 0.25) is 0 Å². The minimum absolute atomic E-state index is 0.161. The lowest BCUT2D eigenvalue weighted by atomic mass is 9.98. The van der Waals surface area contributed by atoms with E-state index in [9.17, 15) is 4.39 Å². The molecule has 18 heavy (non-hydrogen) atoms. The molecule has 3 heteroatoms. The molecule has 0 aromatic heterocycles. The molecular weight excluding hydrogens is 249 g/mol. The summed E-state index contributed by atoms with van der Waals surface area (Å²) in [5.74, 6) is 0.492. The molecule has 0 spiro atoms. The Hall–Kier alpha value is -0.600. The van der Waals surface area contributed by atoms with Crippen LogP contribution in [-0.4, -0.2) is 6.04 Å². The zero-order chi connectivity index (χ0) is 13.1. The van der Waals surface area contributed by atoms with Gasteiger partial charge in [-0.15, -0.1) is 0 Å². The van der Waals surface area contributed by atoms with Crippen molar-refractivity contribution in [1.29, 1.82) is 0 Å². The van der Waals surface area contributed by atoms with E-state index in [0.29, 0.717) is 11.1 Å². The van der Waals surface area contributed by atoms with E-state index in [0.717, 1.165) is 11.5 Å². The zero-order valence-electron chi connectivity index (χ0n) is 11.0. The first kappa shape index (κ1) is 13.8. The fourth-order valence-electron chi connectivity index (χ4n) is 2.93. The Morgan fingerprint density at radius 1 is 1.28 bits per heavy atom. The Balaban J connectivity index is 2.00. The molecule has 2 atom stereocenters. The van der Waals surface area contributed by atoms with Crippen molar-refractivity contribution in [2.75, 3.05) is 0 Å². The maximum atomic E-state index is 13.0. The molecule has 1 saturated carbocycles. The first-order chi connectivity index (χ1) is 8.58. The van der Waals surface area contributed by atoms with Crippen molar-refractivity contribution in [1.82, 2.24) is 5.32 Å². The smallest absolute Gasteiger partial charge is 0.124 e. The number of halogens is 2. The van der Waals surface area contributed by atoms with Crippen molar-refractivity contribution >= 4 is 11.6 Å². The minimum Gasteiger partial charge on any atom is -0.307 e. The van der Waals surface area contributed by atoms with Crippen molar-refractivity contribution in [3.05, 3.63) is 34.6 Å². The summed E-state index contributed by atoms with van der Waals surface area (Å²) < 4.78 is 13.0. The molecule has 1 N–H and O–H groups in total. The topological polar surface area (TPSA) is 12.0 Å². The van der Waals surface area contributed by atoms with Crippen LogP contribution < -0.4 is 5.32 Å². The average molecular weight is 270 g/mol. The quantitative estimate of drug-likeness (QED) is 0.835. The lowest BCUT2D eigenvalue weighted by Gasteiger charge is -2.25. The van der Waals surface area contributed by atoms with Crippen molar-refractivity contribution < 1.29 is 4.39 Å². The Bertz CT molecular complexity index is 401. The van der Waals surface area contributed by atoms with Crippen LogP contribution in [0.15, 0.2) is 18.2 Å². The van der Waals surface area contributed by atoms with Gasteiger partial charge in [-0.3, -0.25) is 0 Å². The van der Waals surface area contributed by atoms with Crippen LogP contribution in [0.2, 0.25) is 5.02 Å². The van der Waals surface area contributed by atoms with Crippen molar-refractivity contribution in [2.45, 2.75) is 51.6 Å². The zero-order valence-corrected chi connectivity index (χ0v) is 11.8. The van der Waals surface area contributed by atoms with E-state index >= 15 is 0 Å². The van der Waals surface area contributed by atoms with Crippen LogP contribution >= 0.6 is 11.6 Å². The van der Waals surface area contributed by atoms with Gasteiger partial charge in [-0.2, -0.15) is 0 Å². The second-order valence-electron chi connectivity index (χ2n) is 5.39. The summed E-state index contributed by atoms with van der Waals surface area (Å²) in [5.41, 5.74) is 0.975. The largest absolute Gasteiger partial charge is 0.307 e. The van der Waals surface area contributed by atoms with Crippen LogP contribution in [0.1, 0.15) is 51.1 Å². The highest BCUT2D eigenvalue weighted by Crippen LogP contribution is 2.30. The van der Waals surface area contributed by atoms with E-state index in [1.54, 1.807) is 6.07 Å². The average Bonchev–Trinajstić information content (AvgIpc) is 2.81. The van der Waals surface area contributed by atoms with E-state index in [2.05, 4.69) is 19.2 Å². The highest BCUT2D eigenvalue weighted by molar-refractivity contribution is 6.31. The van der Waals surface area contributed by atoms with Crippen LogP contribution in [0, 0.1) is 11.7 Å². The third-order valence-electron chi connectivity index (χ3n) is 4.05. The molecule has 1 aliphatic carbocycles. The SMILES string of the molecule is CC(NC(C)C1CCCC1)c1ccc(F)cc1Cl. The first-order valence-corrected chi connectivity index (χ1v) is 7.16. The van der Waals surface area contributed by atoms with E-state index in [-0.39, 0.29) is 11.9 Å². The molecule has 1 aromatic carbocycles. The molecule has 100 valence electrons. The van der Waals surface area contributed by atoms with Crippen LogP contribution in [0.4, 0.5) is 4.39 Å². The number of hydrogen-bond donors (Lipinski definition) is 1. The predicted molar refractivity (Wildman–Crippen MR) is 74.4 cm³/mol. The molecule has 1 nitrogen and oxygen atoms in total.